The molecule has 4 nitrogen and oxygen atoms in total. The molecule has 1 aromatic rings. The molecule has 2 rings (SSSR count). The lowest BCUT2D eigenvalue weighted by Crippen LogP contribution is -2.35. The molecular formula is C17H27N2O2S+. The Labute approximate surface area is 134 Å². The van der Waals surface area contributed by atoms with Gasteiger partial charge in [0.2, 0.25) is 10.0 Å². The fourth-order valence-electron chi connectivity index (χ4n) is 2.40. The molecule has 0 unspecified atom stereocenters. The van der Waals surface area contributed by atoms with E-state index in [0.29, 0.717) is 18.0 Å². The van der Waals surface area contributed by atoms with E-state index in [1.165, 1.54) is 0 Å². The van der Waals surface area contributed by atoms with Crippen LogP contribution in [0.5, 0.6) is 0 Å². The topological polar surface area (TPSA) is 40.4 Å². The first kappa shape index (κ1) is 17.2. The SMILES string of the molecule is C[N+](=Cc1ccc(S(=O)(=O)N2CCCCC2)cc1)C(C)(C)C. The average Bonchev–Trinajstić information content (AvgIpc) is 2.48. The molecule has 0 saturated carbocycles. The quantitative estimate of drug-likeness (QED) is 0.634. The van der Waals surface area contributed by atoms with Crippen molar-refractivity contribution in [1.82, 2.24) is 4.31 Å². The molecule has 122 valence electrons. The molecule has 1 fully saturated rings. The molecule has 0 bridgehead atoms. The smallest absolute Gasteiger partial charge is 0.234 e. The zero-order valence-corrected chi connectivity index (χ0v) is 14.9. The maximum atomic E-state index is 12.6. The first-order valence-corrected chi connectivity index (χ1v) is 9.33. The van der Waals surface area contributed by atoms with Gasteiger partial charge in [-0.2, -0.15) is 4.31 Å². The van der Waals surface area contributed by atoms with E-state index in [2.05, 4.69) is 25.3 Å². The lowest BCUT2D eigenvalue weighted by atomic mass is 10.1. The van der Waals surface area contributed by atoms with E-state index in [9.17, 15) is 8.42 Å². The summed E-state index contributed by atoms with van der Waals surface area (Å²) < 4.78 is 28.9. The van der Waals surface area contributed by atoms with Crippen LogP contribution in [0.2, 0.25) is 0 Å². The molecule has 0 radical (unpaired) electrons. The predicted octanol–water partition coefficient (Wildman–Crippen LogP) is 2.72. The van der Waals surface area contributed by atoms with Gasteiger partial charge >= 0.3 is 0 Å². The van der Waals surface area contributed by atoms with Crippen molar-refractivity contribution < 1.29 is 13.0 Å². The molecule has 1 aromatic carbocycles. The second kappa shape index (κ2) is 6.50. The van der Waals surface area contributed by atoms with Crippen molar-refractivity contribution >= 4 is 16.2 Å². The summed E-state index contributed by atoms with van der Waals surface area (Å²) in [4.78, 5) is 0.393. The zero-order valence-electron chi connectivity index (χ0n) is 14.0. The van der Waals surface area contributed by atoms with E-state index in [4.69, 9.17) is 0 Å². The predicted molar refractivity (Wildman–Crippen MR) is 90.2 cm³/mol. The van der Waals surface area contributed by atoms with Crippen molar-refractivity contribution in [2.75, 3.05) is 20.1 Å². The molecule has 1 aliphatic rings. The summed E-state index contributed by atoms with van der Waals surface area (Å²) >= 11 is 0. The van der Waals surface area contributed by atoms with Gasteiger partial charge in [-0.15, -0.1) is 0 Å². The van der Waals surface area contributed by atoms with Crippen molar-refractivity contribution in [3.63, 3.8) is 0 Å². The van der Waals surface area contributed by atoms with E-state index in [0.717, 1.165) is 24.8 Å². The molecule has 0 aromatic heterocycles. The molecule has 0 spiro atoms. The third kappa shape index (κ3) is 3.96. The van der Waals surface area contributed by atoms with Crippen LogP contribution in [0.3, 0.4) is 0 Å². The largest absolute Gasteiger partial charge is 0.243 e. The van der Waals surface area contributed by atoms with Crippen LogP contribution in [-0.4, -0.2) is 49.2 Å². The van der Waals surface area contributed by atoms with Crippen molar-refractivity contribution in [3.8, 4) is 0 Å². The minimum atomic E-state index is -3.33. The molecule has 0 amide bonds. The molecule has 22 heavy (non-hydrogen) atoms. The van der Waals surface area contributed by atoms with Crippen molar-refractivity contribution in [3.05, 3.63) is 29.8 Å². The maximum absolute atomic E-state index is 12.6. The monoisotopic (exact) mass is 323 g/mol. The molecule has 5 heteroatoms. The lowest BCUT2D eigenvalue weighted by molar-refractivity contribution is -0.565. The van der Waals surface area contributed by atoms with Gasteiger partial charge in [0.25, 0.3) is 0 Å². The van der Waals surface area contributed by atoms with Crippen LogP contribution < -0.4 is 0 Å². The van der Waals surface area contributed by atoms with Crippen molar-refractivity contribution in [1.29, 1.82) is 0 Å². The van der Waals surface area contributed by atoms with E-state index >= 15 is 0 Å². The number of hydrogen-bond acceptors (Lipinski definition) is 2. The van der Waals surface area contributed by atoms with Crippen LogP contribution in [0.4, 0.5) is 0 Å². The Morgan fingerprint density at radius 2 is 1.59 bits per heavy atom. The summed E-state index contributed by atoms with van der Waals surface area (Å²) in [6.07, 6.45) is 5.08. The Morgan fingerprint density at radius 1 is 1.05 bits per heavy atom. The molecule has 0 atom stereocenters. The number of sulfonamides is 1. The van der Waals surface area contributed by atoms with Crippen LogP contribution in [0.1, 0.15) is 45.6 Å². The summed E-state index contributed by atoms with van der Waals surface area (Å²) in [5, 5.41) is 0. The Morgan fingerprint density at radius 3 is 2.09 bits per heavy atom. The number of nitrogens with zero attached hydrogens (tertiary/aromatic N) is 2. The third-order valence-corrected chi connectivity index (χ3v) is 6.15. The fourth-order valence-corrected chi connectivity index (χ4v) is 3.91. The van der Waals surface area contributed by atoms with E-state index in [1.807, 2.05) is 25.4 Å². The Bertz CT molecular complexity index is 634. The van der Waals surface area contributed by atoms with Gasteiger partial charge in [-0.05, 0) is 57.9 Å². The number of piperidine rings is 1. The van der Waals surface area contributed by atoms with Gasteiger partial charge in [0.1, 0.15) is 7.05 Å². The summed E-state index contributed by atoms with van der Waals surface area (Å²) in [5.74, 6) is 0. The second-order valence-corrected chi connectivity index (χ2v) is 8.88. The molecule has 1 aliphatic heterocycles. The minimum Gasteiger partial charge on any atom is -0.234 e. The Hall–Kier alpha value is -1.20. The van der Waals surface area contributed by atoms with Crippen LogP contribution in [-0.2, 0) is 10.0 Å². The highest BCUT2D eigenvalue weighted by molar-refractivity contribution is 7.89. The fraction of sp³-hybridized carbons (Fsp3) is 0.588. The zero-order chi connectivity index (χ0) is 16.4. The van der Waals surface area contributed by atoms with Crippen LogP contribution in [0.15, 0.2) is 29.2 Å². The average molecular weight is 323 g/mol. The van der Waals surface area contributed by atoms with Gasteiger partial charge in [0.05, 0.1) is 4.90 Å². The number of hydrogen-bond donors (Lipinski definition) is 0. The molecule has 1 saturated heterocycles. The van der Waals surface area contributed by atoms with Crippen LogP contribution in [0.25, 0.3) is 0 Å². The number of rotatable bonds is 3. The second-order valence-electron chi connectivity index (χ2n) is 6.94. The molecule has 0 aliphatic carbocycles. The van der Waals surface area contributed by atoms with Gasteiger partial charge in [-0.25, -0.2) is 13.0 Å². The van der Waals surface area contributed by atoms with Gasteiger partial charge in [0, 0.05) is 18.7 Å². The van der Waals surface area contributed by atoms with Gasteiger partial charge < -0.3 is 0 Å². The highest BCUT2D eigenvalue weighted by atomic mass is 32.2. The van der Waals surface area contributed by atoms with Crippen molar-refractivity contribution in [2.24, 2.45) is 0 Å². The maximum Gasteiger partial charge on any atom is 0.243 e. The minimum absolute atomic E-state index is 0.0402. The van der Waals surface area contributed by atoms with E-state index in [-0.39, 0.29) is 5.54 Å². The van der Waals surface area contributed by atoms with Gasteiger partial charge in [0.15, 0.2) is 11.8 Å². The molecular weight excluding hydrogens is 296 g/mol. The third-order valence-electron chi connectivity index (χ3n) is 4.23. The standard InChI is InChI=1S/C17H27N2O2S/c1-17(2,3)18(4)14-15-8-10-16(11-9-15)22(20,21)19-12-6-5-7-13-19/h8-11,14H,5-7,12-13H2,1-4H3/q+1. The highest BCUT2D eigenvalue weighted by Gasteiger charge is 2.26. The number of benzene rings is 1. The van der Waals surface area contributed by atoms with E-state index < -0.39 is 10.0 Å². The summed E-state index contributed by atoms with van der Waals surface area (Å²) in [7, 11) is -1.30. The van der Waals surface area contributed by atoms with E-state index in [1.54, 1.807) is 16.4 Å². The summed E-state index contributed by atoms with van der Waals surface area (Å²) in [6.45, 7) is 7.70. The first-order valence-electron chi connectivity index (χ1n) is 7.89. The summed E-state index contributed by atoms with van der Waals surface area (Å²) in [6, 6.07) is 7.18. The Kier molecular flexibility index (Phi) is 5.07. The highest BCUT2D eigenvalue weighted by Crippen LogP contribution is 2.20. The lowest BCUT2D eigenvalue weighted by Gasteiger charge is -2.25. The van der Waals surface area contributed by atoms with Crippen LogP contribution in [0, 0.1) is 0 Å². The van der Waals surface area contributed by atoms with Crippen LogP contribution >= 0.6 is 0 Å². The first-order chi connectivity index (χ1) is 10.2. The molecule has 0 N–H and O–H groups in total. The summed E-state index contributed by atoms with van der Waals surface area (Å²) in [5.41, 5.74) is 1.05. The normalized spacial score (nSPS) is 18.5. The molecule has 1 heterocycles. The van der Waals surface area contributed by atoms with Gasteiger partial charge in [-0.3, -0.25) is 0 Å². The van der Waals surface area contributed by atoms with Crippen molar-refractivity contribution in [2.45, 2.75) is 50.5 Å². The Balaban J connectivity index is 2.21. The van der Waals surface area contributed by atoms with Gasteiger partial charge in [-0.1, -0.05) is 6.42 Å².